The third kappa shape index (κ3) is 3.78. The van der Waals surface area contributed by atoms with Crippen LogP contribution in [0.15, 0.2) is 0 Å². The van der Waals surface area contributed by atoms with Gasteiger partial charge in [0.25, 0.3) is 0 Å². The fourth-order valence-electron chi connectivity index (χ4n) is 2.21. The Morgan fingerprint density at radius 3 is 3.00 bits per heavy atom. The van der Waals surface area contributed by atoms with Crippen LogP contribution in [0.4, 0.5) is 5.13 Å². The van der Waals surface area contributed by atoms with Crippen LogP contribution >= 0.6 is 11.3 Å². The first-order chi connectivity index (χ1) is 8.65. The monoisotopic (exact) mass is 267 g/mol. The number of nitrogens with one attached hydrogen (secondary N) is 2. The molecule has 18 heavy (non-hydrogen) atoms. The second kappa shape index (κ2) is 6.29. The van der Waals surface area contributed by atoms with Gasteiger partial charge in [0.15, 0.2) is 5.13 Å². The number of piperidine rings is 1. The van der Waals surface area contributed by atoms with E-state index in [1.807, 2.05) is 13.8 Å². The fourth-order valence-corrected chi connectivity index (χ4v) is 3.04. The Labute approximate surface area is 112 Å². The Morgan fingerprint density at radius 1 is 1.56 bits per heavy atom. The highest BCUT2D eigenvalue weighted by Gasteiger charge is 2.15. The topological polar surface area (TPSA) is 54.0 Å². The van der Waals surface area contributed by atoms with Gasteiger partial charge < -0.3 is 10.6 Å². The molecule has 1 aliphatic rings. The van der Waals surface area contributed by atoms with E-state index in [1.165, 1.54) is 17.7 Å². The standard InChI is InChI=1S/C13H21N3OS/c1-9-10(2)18-13(15-9)16-12(17)6-5-11-4-3-7-14-8-11/h11,14H,3-8H2,1-2H3,(H,15,16,17). The average molecular weight is 267 g/mol. The number of carbonyl (C=O) groups is 1. The molecule has 2 N–H and O–H groups in total. The Bertz CT molecular complexity index is 391. The van der Waals surface area contributed by atoms with Gasteiger partial charge in [-0.15, -0.1) is 11.3 Å². The van der Waals surface area contributed by atoms with Crippen molar-refractivity contribution in [3.63, 3.8) is 0 Å². The average Bonchev–Trinajstić information content (AvgIpc) is 2.67. The highest BCUT2D eigenvalue weighted by atomic mass is 32.1. The summed E-state index contributed by atoms with van der Waals surface area (Å²) in [5.74, 6) is 0.749. The Morgan fingerprint density at radius 2 is 2.39 bits per heavy atom. The molecule has 0 aromatic carbocycles. The third-order valence-corrected chi connectivity index (χ3v) is 4.44. The molecule has 100 valence electrons. The summed E-state index contributed by atoms with van der Waals surface area (Å²) < 4.78 is 0. The number of aryl methyl sites for hydroxylation is 2. The molecule has 2 rings (SSSR count). The van der Waals surface area contributed by atoms with Gasteiger partial charge in [0.2, 0.25) is 5.91 Å². The van der Waals surface area contributed by atoms with Crippen LogP contribution in [0.2, 0.25) is 0 Å². The smallest absolute Gasteiger partial charge is 0.226 e. The molecule has 1 aromatic rings. The zero-order valence-electron chi connectivity index (χ0n) is 11.1. The molecule has 1 aliphatic heterocycles. The van der Waals surface area contributed by atoms with Crippen molar-refractivity contribution < 1.29 is 4.79 Å². The zero-order valence-corrected chi connectivity index (χ0v) is 11.9. The molecule has 4 nitrogen and oxygen atoms in total. The van der Waals surface area contributed by atoms with Crippen LogP contribution in [0.1, 0.15) is 36.3 Å². The van der Waals surface area contributed by atoms with Gasteiger partial charge in [-0.25, -0.2) is 4.98 Å². The Hall–Kier alpha value is -0.940. The second-order valence-corrected chi connectivity index (χ2v) is 6.16. The summed E-state index contributed by atoms with van der Waals surface area (Å²) in [5, 5.41) is 7.00. The maximum atomic E-state index is 11.8. The van der Waals surface area contributed by atoms with Crippen molar-refractivity contribution >= 4 is 22.4 Å². The lowest BCUT2D eigenvalue weighted by Gasteiger charge is -2.22. The second-order valence-electron chi connectivity index (χ2n) is 4.96. The number of hydrogen-bond acceptors (Lipinski definition) is 4. The van der Waals surface area contributed by atoms with Crippen LogP contribution in [-0.4, -0.2) is 24.0 Å². The maximum Gasteiger partial charge on any atom is 0.226 e. The van der Waals surface area contributed by atoms with Crippen LogP contribution in [0.5, 0.6) is 0 Å². The van der Waals surface area contributed by atoms with Crippen molar-refractivity contribution in [2.24, 2.45) is 5.92 Å². The maximum absolute atomic E-state index is 11.8. The summed E-state index contributed by atoms with van der Waals surface area (Å²) in [6.07, 6.45) is 4.05. The van der Waals surface area contributed by atoms with Crippen molar-refractivity contribution in [1.29, 1.82) is 0 Å². The normalized spacial score (nSPS) is 19.8. The molecule has 1 amide bonds. The third-order valence-electron chi connectivity index (χ3n) is 3.45. The first-order valence-electron chi connectivity index (χ1n) is 6.59. The molecule has 0 radical (unpaired) electrons. The van der Waals surface area contributed by atoms with Gasteiger partial charge >= 0.3 is 0 Å². The molecule has 0 spiro atoms. The quantitative estimate of drug-likeness (QED) is 0.881. The van der Waals surface area contributed by atoms with Crippen molar-refractivity contribution in [2.75, 3.05) is 18.4 Å². The van der Waals surface area contributed by atoms with Crippen LogP contribution in [0.25, 0.3) is 0 Å². The molecular formula is C13H21N3OS. The molecule has 0 saturated carbocycles. The number of thiazole rings is 1. The van der Waals surface area contributed by atoms with Crippen molar-refractivity contribution in [3.05, 3.63) is 10.6 Å². The molecule has 1 atom stereocenters. The van der Waals surface area contributed by atoms with E-state index in [1.54, 1.807) is 11.3 Å². The van der Waals surface area contributed by atoms with E-state index in [0.29, 0.717) is 12.3 Å². The summed E-state index contributed by atoms with van der Waals surface area (Å²) in [6, 6.07) is 0. The first kappa shape index (κ1) is 13.5. The molecule has 0 aliphatic carbocycles. The van der Waals surface area contributed by atoms with E-state index in [-0.39, 0.29) is 5.91 Å². The van der Waals surface area contributed by atoms with E-state index in [2.05, 4.69) is 15.6 Å². The van der Waals surface area contributed by atoms with Gasteiger partial charge in [-0.2, -0.15) is 0 Å². The molecule has 1 unspecified atom stereocenters. The van der Waals surface area contributed by atoms with E-state index in [0.717, 1.165) is 30.3 Å². The summed E-state index contributed by atoms with van der Waals surface area (Å²) in [4.78, 5) is 17.3. The number of nitrogens with zero attached hydrogens (tertiary/aromatic N) is 1. The van der Waals surface area contributed by atoms with Crippen LogP contribution in [-0.2, 0) is 4.79 Å². The molecule has 0 bridgehead atoms. The van der Waals surface area contributed by atoms with Gasteiger partial charge in [0, 0.05) is 11.3 Å². The molecular weight excluding hydrogens is 246 g/mol. The number of hydrogen-bond donors (Lipinski definition) is 2. The fraction of sp³-hybridized carbons (Fsp3) is 0.692. The summed E-state index contributed by atoms with van der Waals surface area (Å²) in [7, 11) is 0. The number of aromatic nitrogens is 1. The highest BCUT2D eigenvalue weighted by Crippen LogP contribution is 2.22. The Kier molecular flexibility index (Phi) is 4.72. The minimum absolute atomic E-state index is 0.0920. The minimum Gasteiger partial charge on any atom is -0.316 e. The molecule has 2 heterocycles. The molecule has 1 aromatic heterocycles. The van der Waals surface area contributed by atoms with Crippen molar-refractivity contribution in [3.8, 4) is 0 Å². The van der Waals surface area contributed by atoms with Gasteiger partial charge in [0.1, 0.15) is 0 Å². The lowest BCUT2D eigenvalue weighted by molar-refractivity contribution is -0.116. The number of carbonyl (C=O) groups excluding carboxylic acids is 1. The van der Waals surface area contributed by atoms with Gasteiger partial charge in [-0.05, 0) is 52.1 Å². The number of anilines is 1. The Balaban J connectivity index is 1.74. The lowest BCUT2D eigenvalue weighted by Crippen LogP contribution is -2.30. The van der Waals surface area contributed by atoms with Crippen LogP contribution < -0.4 is 10.6 Å². The summed E-state index contributed by atoms with van der Waals surface area (Å²) in [5.41, 5.74) is 1.01. The SMILES string of the molecule is Cc1nc(NC(=O)CCC2CCCNC2)sc1C. The van der Waals surface area contributed by atoms with Crippen LogP contribution in [0, 0.1) is 19.8 Å². The number of rotatable bonds is 4. The van der Waals surface area contributed by atoms with Crippen LogP contribution in [0.3, 0.4) is 0 Å². The summed E-state index contributed by atoms with van der Waals surface area (Å²) in [6.45, 7) is 6.18. The van der Waals surface area contributed by atoms with E-state index in [4.69, 9.17) is 0 Å². The van der Waals surface area contributed by atoms with Gasteiger partial charge in [-0.1, -0.05) is 0 Å². The zero-order chi connectivity index (χ0) is 13.0. The predicted octanol–water partition coefficient (Wildman–Crippen LogP) is 2.48. The summed E-state index contributed by atoms with van der Waals surface area (Å²) >= 11 is 1.55. The first-order valence-corrected chi connectivity index (χ1v) is 7.41. The van der Waals surface area contributed by atoms with Crippen molar-refractivity contribution in [1.82, 2.24) is 10.3 Å². The van der Waals surface area contributed by atoms with Gasteiger partial charge in [0.05, 0.1) is 5.69 Å². The molecule has 1 fully saturated rings. The highest BCUT2D eigenvalue weighted by molar-refractivity contribution is 7.15. The molecule has 5 heteroatoms. The lowest BCUT2D eigenvalue weighted by atomic mass is 9.94. The minimum atomic E-state index is 0.0920. The van der Waals surface area contributed by atoms with Crippen molar-refractivity contribution in [2.45, 2.75) is 39.5 Å². The molecule has 1 saturated heterocycles. The van der Waals surface area contributed by atoms with E-state index >= 15 is 0 Å². The van der Waals surface area contributed by atoms with E-state index in [9.17, 15) is 4.79 Å². The number of amides is 1. The predicted molar refractivity (Wildman–Crippen MR) is 75.0 cm³/mol. The largest absolute Gasteiger partial charge is 0.316 e. The van der Waals surface area contributed by atoms with E-state index < -0.39 is 0 Å². The van der Waals surface area contributed by atoms with Gasteiger partial charge in [-0.3, -0.25) is 4.79 Å².